The van der Waals surface area contributed by atoms with Crippen LogP contribution >= 0.6 is 0 Å². The minimum atomic E-state index is -0.410. The van der Waals surface area contributed by atoms with E-state index in [1.54, 1.807) is 6.07 Å². The van der Waals surface area contributed by atoms with Crippen LogP contribution in [0.25, 0.3) is 5.57 Å². The van der Waals surface area contributed by atoms with E-state index < -0.39 is 6.10 Å². The van der Waals surface area contributed by atoms with Crippen molar-refractivity contribution in [1.29, 1.82) is 0 Å². The Morgan fingerprint density at radius 2 is 1.63 bits per heavy atom. The Morgan fingerprint density at radius 1 is 0.976 bits per heavy atom. The lowest BCUT2D eigenvalue weighted by molar-refractivity contribution is -0.153. The van der Waals surface area contributed by atoms with Crippen molar-refractivity contribution in [2.75, 3.05) is 6.54 Å². The minimum Gasteiger partial charge on any atom is -0.504 e. The summed E-state index contributed by atoms with van der Waals surface area (Å²) in [5.74, 6) is 1.04. The predicted octanol–water partition coefficient (Wildman–Crippen LogP) is 6.05. The zero-order chi connectivity index (χ0) is 29.2. The van der Waals surface area contributed by atoms with Gasteiger partial charge in [0.1, 0.15) is 12.2 Å². The number of carbonyl (C=O) groups excluding carboxylic acids is 2. The first kappa shape index (κ1) is 30.8. The number of esters is 2. The second kappa shape index (κ2) is 15.2. The van der Waals surface area contributed by atoms with Gasteiger partial charge in [0.15, 0.2) is 11.5 Å². The van der Waals surface area contributed by atoms with Gasteiger partial charge in [-0.25, -0.2) is 0 Å². The predicted molar refractivity (Wildman–Crippen MR) is 159 cm³/mol. The number of allylic oxidation sites excluding steroid dienone is 2. The van der Waals surface area contributed by atoms with Crippen LogP contribution in [0.1, 0.15) is 108 Å². The zero-order valence-corrected chi connectivity index (χ0v) is 24.8. The molecule has 0 aromatic heterocycles. The van der Waals surface area contributed by atoms with Crippen LogP contribution < -0.4 is 15.8 Å². The van der Waals surface area contributed by atoms with Crippen LogP contribution in [0, 0.1) is 5.92 Å². The number of rotatable bonds is 12. The summed E-state index contributed by atoms with van der Waals surface area (Å²) in [4.78, 5) is 24.1. The van der Waals surface area contributed by atoms with Gasteiger partial charge in [-0.05, 0) is 85.8 Å². The molecule has 4 rings (SSSR count). The molecular formula is C33H48N2O6. The summed E-state index contributed by atoms with van der Waals surface area (Å²) < 4.78 is 17.8. The molecule has 2 atom stereocenters. The summed E-state index contributed by atoms with van der Waals surface area (Å²) in [6, 6.07) is 3.70. The van der Waals surface area contributed by atoms with E-state index in [2.05, 4.69) is 5.32 Å². The van der Waals surface area contributed by atoms with Crippen LogP contribution in [-0.2, 0) is 25.5 Å². The topological polar surface area (TPSA) is 120 Å². The molecule has 226 valence electrons. The highest BCUT2D eigenvalue weighted by Gasteiger charge is 2.27. The molecule has 1 heterocycles. The standard InChI is InChI=1S/C33H48N2O6/c1-22(36)39-28(20-29(40-23(2)37)17-24-9-5-3-6-10-24)14-13-25-18-32(41-27-11-7-4-8-12-27)31(38)21-30(25)26-15-16-35-33(34)19-26/h15,18-19,21,24,27-29,35,38H,3-14,16-17,20,34H2,1-2H3. The summed E-state index contributed by atoms with van der Waals surface area (Å²) in [5, 5.41) is 14.1. The third-order valence-electron chi connectivity index (χ3n) is 8.53. The number of hydrogen-bond acceptors (Lipinski definition) is 8. The maximum Gasteiger partial charge on any atom is 0.302 e. The van der Waals surface area contributed by atoms with Gasteiger partial charge < -0.3 is 30.4 Å². The highest BCUT2D eigenvalue weighted by molar-refractivity contribution is 5.79. The fourth-order valence-corrected chi connectivity index (χ4v) is 6.58. The average Bonchev–Trinajstić information content (AvgIpc) is 2.93. The molecule has 0 amide bonds. The Balaban J connectivity index is 1.55. The summed E-state index contributed by atoms with van der Waals surface area (Å²) in [7, 11) is 0. The number of aryl methyl sites for hydroxylation is 1. The van der Waals surface area contributed by atoms with Crippen LogP contribution in [-0.4, -0.2) is 41.9 Å². The summed E-state index contributed by atoms with van der Waals surface area (Å²) in [5.41, 5.74) is 8.86. The van der Waals surface area contributed by atoms with Crippen molar-refractivity contribution in [2.45, 2.75) is 122 Å². The van der Waals surface area contributed by atoms with Crippen LogP contribution in [0.5, 0.6) is 11.5 Å². The molecule has 1 aromatic carbocycles. The van der Waals surface area contributed by atoms with Crippen molar-refractivity contribution in [3.05, 3.63) is 41.2 Å². The second-order valence-electron chi connectivity index (χ2n) is 12.0. The normalized spacial score (nSPS) is 19.8. The molecule has 0 spiro atoms. The molecule has 0 bridgehead atoms. The van der Waals surface area contributed by atoms with Crippen LogP contribution in [0.3, 0.4) is 0 Å². The van der Waals surface area contributed by atoms with E-state index in [0.29, 0.717) is 43.3 Å². The van der Waals surface area contributed by atoms with Gasteiger partial charge in [0.25, 0.3) is 0 Å². The van der Waals surface area contributed by atoms with E-state index in [0.717, 1.165) is 61.6 Å². The number of aromatic hydroxyl groups is 1. The van der Waals surface area contributed by atoms with Crippen molar-refractivity contribution in [3.8, 4) is 11.5 Å². The summed E-state index contributed by atoms with van der Waals surface area (Å²) in [6.07, 6.45) is 17.2. The number of dihydropyridines is 1. The highest BCUT2D eigenvalue weighted by atomic mass is 16.6. The first-order valence-corrected chi connectivity index (χ1v) is 15.6. The van der Waals surface area contributed by atoms with E-state index in [4.69, 9.17) is 19.9 Å². The molecule has 2 fully saturated rings. The molecule has 3 aliphatic rings. The van der Waals surface area contributed by atoms with Gasteiger partial charge in [-0.1, -0.05) is 44.6 Å². The van der Waals surface area contributed by atoms with Gasteiger partial charge in [0.2, 0.25) is 0 Å². The Hall–Kier alpha value is -3.16. The molecule has 0 saturated heterocycles. The lowest BCUT2D eigenvalue weighted by Gasteiger charge is -2.29. The number of phenols is 1. The fourth-order valence-electron chi connectivity index (χ4n) is 6.58. The fraction of sp³-hybridized carbons (Fsp3) is 0.636. The Bertz CT molecular complexity index is 1100. The first-order valence-electron chi connectivity index (χ1n) is 15.6. The largest absolute Gasteiger partial charge is 0.504 e. The monoisotopic (exact) mass is 568 g/mol. The maximum atomic E-state index is 12.1. The second-order valence-corrected chi connectivity index (χ2v) is 12.0. The number of carbonyl (C=O) groups is 2. The van der Waals surface area contributed by atoms with Gasteiger partial charge in [-0.3, -0.25) is 9.59 Å². The van der Waals surface area contributed by atoms with E-state index in [9.17, 15) is 14.7 Å². The molecule has 1 aliphatic heterocycles. The SMILES string of the molecule is CC(=O)OC(CCc1cc(OC2CCCCC2)c(O)cc1C1=CCNC(N)=C1)CC(CC1CCCCC1)OC(C)=O. The number of hydrogen-bond donors (Lipinski definition) is 3. The Morgan fingerprint density at radius 3 is 2.29 bits per heavy atom. The smallest absolute Gasteiger partial charge is 0.302 e. The Kier molecular flexibility index (Phi) is 11.4. The zero-order valence-electron chi connectivity index (χ0n) is 24.8. The van der Waals surface area contributed by atoms with Crippen LogP contribution in [0.2, 0.25) is 0 Å². The van der Waals surface area contributed by atoms with Crippen molar-refractivity contribution in [1.82, 2.24) is 5.32 Å². The van der Waals surface area contributed by atoms with E-state index >= 15 is 0 Å². The molecule has 8 heteroatoms. The average molecular weight is 569 g/mol. The number of phenolic OH excluding ortho intramolecular Hbond substituents is 1. The highest BCUT2D eigenvalue weighted by Crippen LogP contribution is 2.37. The van der Waals surface area contributed by atoms with Crippen molar-refractivity contribution in [2.24, 2.45) is 11.7 Å². The first-order chi connectivity index (χ1) is 19.8. The van der Waals surface area contributed by atoms with E-state index in [-0.39, 0.29) is 29.9 Å². The lowest BCUT2D eigenvalue weighted by Crippen LogP contribution is -2.29. The van der Waals surface area contributed by atoms with Gasteiger partial charge in [-0.15, -0.1) is 0 Å². The molecule has 0 radical (unpaired) electrons. The molecule has 41 heavy (non-hydrogen) atoms. The van der Waals surface area contributed by atoms with E-state index in [1.165, 1.54) is 39.5 Å². The van der Waals surface area contributed by atoms with Gasteiger partial charge >= 0.3 is 11.9 Å². The number of ether oxygens (including phenoxy) is 3. The molecule has 2 saturated carbocycles. The number of nitrogens with one attached hydrogen (secondary N) is 1. The van der Waals surface area contributed by atoms with E-state index in [1.807, 2.05) is 18.2 Å². The molecular weight excluding hydrogens is 520 g/mol. The molecule has 4 N–H and O–H groups in total. The quantitative estimate of drug-likeness (QED) is 0.261. The van der Waals surface area contributed by atoms with Crippen LogP contribution in [0.15, 0.2) is 30.1 Å². The van der Waals surface area contributed by atoms with Crippen molar-refractivity contribution in [3.63, 3.8) is 0 Å². The minimum absolute atomic E-state index is 0.0973. The van der Waals surface area contributed by atoms with Gasteiger partial charge in [-0.2, -0.15) is 0 Å². The number of nitrogens with two attached hydrogens (primary N) is 1. The van der Waals surface area contributed by atoms with Crippen molar-refractivity contribution >= 4 is 17.5 Å². The van der Waals surface area contributed by atoms with Gasteiger partial charge in [0, 0.05) is 26.8 Å². The van der Waals surface area contributed by atoms with Crippen LogP contribution in [0.4, 0.5) is 0 Å². The number of benzene rings is 1. The lowest BCUT2D eigenvalue weighted by atomic mass is 9.84. The maximum absolute atomic E-state index is 12.1. The molecule has 2 aliphatic carbocycles. The summed E-state index contributed by atoms with van der Waals surface area (Å²) >= 11 is 0. The third-order valence-corrected chi connectivity index (χ3v) is 8.53. The third kappa shape index (κ3) is 9.72. The molecule has 8 nitrogen and oxygen atoms in total. The van der Waals surface area contributed by atoms with Gasteiger partial charge in [0.05, 0.1) is 11.9 Å². The molecule has 2 unspecified atom stereocenters. The summed E-state index contributed by atoms with van der Waals surface area (Å²) in [6.45, 7) is 3.46. The van der Waals surface area contributed by atoms with Crippen molar-refractivity contribution < 1.29 is 28.9 Å². The molecule has 1 aromatic rings. The Labute approximate surface area is 244 Å².